The van der Waals surface area contributed by atoms with E-state index in [9.17, 15) is 0 Å². The fraction of sp³-hybridized carbons (Fsp3) is 0.0513. The molecule has 4 nitrogen and oxygen atoms in total. The van der Waals surface area contributed by atoms with Crippen LogP contribution in [0.25, 0.3) is 45.0 Å². The van der Waals surface area contributed by atoms with E-state index in [1.165, 1.54) is 16.7 Å². The van der Waals surface area contributed by atoms with Gasteiger partial charge in [0.25, 0.3) is 0 Å². The SMILES string of the molecule is C1=CC2c3cccc(-c4ccc(-c5ccccc5)cc4)c3N(c3nc(-c4ccccc4)nc(-c4ccccc4)n3)C2C=C1. The zero-order valence-corrected chi connectivity index (χ0v) is 23.5. The predicted octanol–water partition coefficient (Wildman–Crippen LogP) is 9.27. The molecule has 2 aliphatic rings. The topological polar surface area (TPSA) is 41.9 Å². The Morgan fingerprint density at radius 1 is 0.442 bits per heavy atom. The van der Waals surface area contributed by atoms with E-state index in [0.29, 0.717) is 17.6 Å². The summed E-state index contributed by atoms with van der Waals surface area (Å²) in [5.74, 6) is 2.17. The number of benzene rings is 5. The molecule has 2 heterocycles. The molecule has 2 unspecified atom stereocenters. The van der Waals surface area contributed by atoms with Crippen molar-refractivity contribution in [1.29, 1.82) is 0 Å². The number of fused-ring (bicyclic) bond motifs is 3. The zero-order valence-electron chi connectivity index (χ0n) is 23.5. The highest BCUT2D eigenvalue weighted by molar-refractivity contribution is 5.89. The first kappa shape index (κ1) is 25.1. The van der Waals surface area contributed by atoms with Crippen LogP contribution in [0.5, 0.6) is 0 Å². The highest BCUT2D eigenvalue weighted by Gasteiger charge is 2.40. The Balaban J connectivity index is 1.31. The number of para-hydroxylation sites is 1. The van der Waals surface area contributed by atoms with Crippen LogP contribution in [0.15, 0.2) is 158 Å². The second kappa shape index (κ2) is 10.7. The maximum atomic E-state index is 5.14. The van der Waals surface area contributed by atoms with Crippen molar-refractivity contribution in [3.63, 3.8) is 0 Å². The lowest BCUT2D eigenvalue weighted by Crippen LogP contribution is -2.30. The third kappa shape index (κ3) is 4.54. The maximum absolute atomic E-state index is 5.14. The van der Waals surface area contributed by atoms with Crippen LogP contribution in [0.2, 0.25) is 0 Å². The molecule has 6 aromatic rings. The summed E-state index contributed by atoms with van der Waals surface area (Å²) in [5, 5.41) is 0. The predicted molar refractivity (Wildman–Crippen MR) is 175 cm³/mol. The Morgan fingerprint density at radius 3 is 1.60 bits per heavy atom. The summed E-state index contributed by atoms with van der Waals surface area (Å²) in [7, 11) is 0. The second-order valence-corrected chi connectivity index (χ2v) is 10.9. The van der Waals surface area contributed by atoms with Gasteiger partial charge in [0.15, 0.2) is 11.6 Å². The van der Waals surface area contributed by atoms with E-state index < -0.39 is 0 Å². The van der Waals surface area contributed by atoms with Crippen LogP contribution in [0.1, 0.15) is 11.5 Å². The molecular formula is C39H28N4. The van der Waals surface area contributed by atoms with Gasteiger partial charge in [0, 0.05) is 22.6 Å². The van der Waals surface area contributed by atoms with Crippen molar-refractivity contribution < 1.29 is 0 Å². The van der Waals surface area contributed by atoms with Crippen LogP contribution in [-0.4, -0.2) is 21.0 Å². The van der Waals surface area contributed by atoms with Gasteiger partial charge in [0.1, 0.15) is 0 Å². The molecule has 8 rings (SSSR count). The average Bonchev–Trinajstić information content (AvgIpc) is 3.44. The fourth-order valence-electron chi connectivity index (χ4n) is 6.22. The van der Waals surface area contributed by atoms with Crippen LogP contribution in [0.4, 0.5) is 11.6 Å². The lowest BCUT2D eigenvalue weighted by atomic mass is 9.90. The highest BCUT2D eigenvalue weighted by atomic mass is 15.3. The summed E-state index contributed by atoms with van der Waals surface area (Å²) in [5.41, 5.74) is 9.08. The Hall–Kier alpha value is -5.61. The molecule has 0 bridgehead atoms. The van der Waals surface area contributed by atoms with Crippen LogP contribution in [0, 0.1) is 0 Å². The molecule has 0 amide bonds. The Bertz CT molecular complexity index is 1910. The van der Waals surface area contributed by atoms with Crippen molar-refractivity contribution in [2.75, 3.05) is 4.90 Å². The van der Waals surface area contributed by atoms with E-state index in [0.717, 1.165) is 27.9 Å². The monoisotopic (exact) mass is 552 g/mol. The van der Waals surface area contributed by atoms with E-state index >= 15 is 0 Å². The Kier molecular flexibility index (Phi) is 6.23. The molecule has 0 saturated heterocycles. The second-order valence-electron chi connectivity index (χ2n) is 10.9. The number of anilines is 2. The zero-order chi connectivity index (χ0) is 28.6. The third-order valence-corrected chi connectivity index (χ3v) is 8.28. The van der Waals surface area contributed by atoms with Crippen LogP contribution >= 0.6 is 0 Å². The molecule has 0 spiro atoms. The van der Waals surface area contributed by atoms with Crippen LogP contribution < -0.4 is 4.90 Å². The van der Waals surface area contributed by atoms with E-state index in [4.69, 9.17) is 15.0 Å². The van der Waals surface area contributed by atoms with E-state index in [1.54, 1.807) is 0 Å². The quantitative estimate of drug-likeness (QED) is 0.214. The minimum atomic E-state index is 0.0550. The summed E-state index contributed by atoms with van der Waals surface area (Å²) >= 11 is 0. The first-order chi connectivity index (χ1) is 21.3. The van der Waals surface area contributed by atoms with Crippen molar-refractivity contribution in [3.05, 3.63) is 163 Å². The first-order valence-electron chi connectivity index (χ1n) is 14.6. The van der Waals surface area contributed by atoms with E-state index in [2.05, 4.69) is 126 Å². The molecule has 0 radical (unpaired) electrons. The number of rotatable bonds is 5. The fourth-order valence-corrected chi connectivity index (χ4v) is 6.22. The average molecular weight is 553 g/mol. The van der Waals surface area contributed by atoms with Crippen molar-refractivity contribution >= 4 is 11.6 Å². The van der Waals surface area contributed by atoms with Gasteiger partial charge in [-0.1, -0.05) is 158 Å². The lowest BCUT2D eigenvalue weighted by Gasteiger charge is -2.28. The van der Waals surface area contributed by atoms with Gasteiger partial charge in [-0.25, -0.2) is 4.98 Å². The summed E-state index contributed by atoms with van der Waals surface area (Å²) in [6.45, 7) is 0. The molecule has 1 aromatic heterocycles. The molecule has 0 fully saturated rings. The van der Waals surface area contributed by atoms with Crippen molar-refractivity contribution in [2.24, 2.45) is 0 Å². The van der Waals surface area contributed by atoms with E-state index in [1.807, 2.05) is 36.4 Å². The van der Waals surface area contributed by atoms with Gasteiger partial charge in [0.2, 0.25) is 5.95 Å². The molecular weight excluding hydrogens is 524 g/mol. The number of hydrogen-bond donors (Lipinski definition) is 0. The minimum Gasteiger partial charge on any atom is -0.302 e. The molecule has 1 aliphatic carbocycles. The normalized spacial score (nSPS) is 16.6. The molecule has 4 heteroatoms. The number of hydrogen-bond acceptors (Lipinski definition) is 4. The summed E-state index contributed by atoms with van der Waals surface area (Å²) in [4.78, 5) is 17.5. The molecule has 0 N–H and O–H groups in total. The molecule has 2 atom stereocenters. The maximum Gasteiger partial charge on any atom is 0.234 e. The van der Waals surface area contributed by atoms with Gasteiger partial charge in [-0.2, -0.15) is 9.97 Å². The van der Waals surface area contributed by atoms with Crippen molar-refractivity contribution in [1.82, 2.24) is 15.0 Å². The van der Waals surface area contributed by atoms with Gasteiger partial charge in [-0.05, 0) is 22.3 Å². The molecule has 1 aliphatic heterocycles. The Labute approximate surface area is 251 Å². The highest BCUT2D eigenvalue weighted by Crippen LogP contribution is 2.51. The standard InChI is InChI=1S/C39H28N4/c1-4-13-27(14-5-1)28-23-25-29(26-24-28)32-20-12-21-34-33-19-10-11-22-35(33)43(36(32)34)39-41-37(30-15-6-2-7-16-30)40-38(42-39)31-17-8-3-9-18-31/h1-26,33,35H. The summed E-state index contributed by atoms with van der Waals surface area (Å²) in [6, 6.07) is 46.4. The number of allylic oxidation sites excluding steroid dienone is 2. The van der Waals surface area contributed by atoms with Gasteiger partial charge < -0.3 is 4.90 Å². The number of aromatic nitrogens is 3. The van der Waals surface area contributed by atoms with Crippen LogP contribution in [0.3, 0.4) is 0 Å². The van der Waals surface area contributed by atoms with Gasteiger partial charge in [-0.15, -0.1) is 0 Å². The van der Waals surface area contributed by atoms with Crippen LogP contribution in [-0.2, 0) is 0 Å². The van der Waals surface area contributed by atoms with Gasteiger partial charge in [-0.3, -0.25) is 0 Å². The van der Waals surface area contributed by atoms with E-state index in [-0.39, 0.29) is 12.0 Å². The molecule has 204 valence electrons. The summed E-state index contributed by atoms with van der Waals surface area (Å²) in [6.07, 6.45) is 8.84. The summed E-state index contributed by atoms with van der Waals surface area (Å²) < 4.78 is 0. The molecule has 0 saturated carbocycles. The molecule has 5 aromatic carbocycles. The van der Waals surface area contributed by atoms with Crippen molar-refractivity contribution in [2.45, 2.75) is 12.0 Å². The smallest absolute Gasteiger partial charge is 0.234 e. The Morgan fingerprint density at radius 2 is 0.977 bits per heavy atom. The number of nitrogens with zero attached hydrogens (tertiary/aromatic N) is 4. The molecule has 43 heavy (non-hydrogen) atoms. The largest absolute Gasteiger partial charge is 0.302 e. The van der Waals surface area contributed by atoms with Crippen molar-refractivity contribution in [3.8, 4) is 45.0 Å². The van der Waals surface area contributed by atoms with Gasteiger partial charge >= 0.3 is 0 Å². The first-order valence-corrected chi connectivity index (χ1v) is 14.6. The third-order valence-electron chi connectivity index (χ3n) is 8.28. The lowest BCUT2D eigenvalue weighted by molar-refractivity contribution is 0.728. The van der Waals surface area contributed by atoms with Gasteiger partial charge in [0.05, 0.1) is 11.7 Å². The minimum absolute atomic E-state index is 0.0550.